The first-order valence-corrected chi connectivity index (χ1v) is 11.5. The Morgan fingerprint density at radius 1 is 1.19 bits per heavy atom. The molecule has 9 nitrogen and oxygen atoms in total. The summed E-state index contributed by atoms with van der Waals surface area (Å²) >= 11 is 0. The molecule has 4 rings (SSSR count). The summed E-state index contributed by atoms with van der Waals surface area (Å²) in [5.74, 6) is 1.85. The van der Waals surface area contributed by atoms with Crippen LogP contribution in [-0.4, -0.2) is 64.5 Å². The Morgan fingerprint density at radius 2 is 2.09 bits per heavy atom. The second kappa shape index (κ2) is 10.6. The summed E-state index contributed by atoms with van der Waals surface area (Å²) < 4.78 is 7.67. The molecule has 0 amide bonds. The van der Waals surface area contributed by atoms with Crippen LogP contribution in [0.25, 0.3) is 11.0 Å². The van der Waals surface area contributed by atoms with Gasteiger partial charge in [0, 0.05) is 31.7 Å². The van der Waals surface area contributed by atoms with Crippen molar-refractivity contribution in [2.24, 2.45) is 0 Å². The highest BCUT2D eigenvalue weighted by atomic mass is 16.5. The fraction of sp³-hybridized carbons (Fsp3) is 0.522. The molecular weight excluding hydrogens is 404 g/mol. The number of unbranched alkanes of at least 4 members (excludes halogenated alkanes) is 1. The first kappa shape index (κ1) is 22.3. The van der Waals surface area contributed by atoms with Gasteiger partial charge in [0.15, 0.2) is 5.82 Å². The third-order valence-electron chi connectivity index (χ3n) is 5.84. The summed E-state index contributed by atoms with van der Waals surface area (Å²) in [7, 11) is 1.72. The van der Waals surface area contributed by atoms with Crippen LogP contribution in [-0.2, 0) is 13.1 Å². The van der Waals surface area contributed by atoms with Gasteiger partial charge in [-0.2, -0.15) is 10.1 Å². The Kier molecular flexibility index (Phi) is 7.39. The molecule has 1 aliphatic rings. The molecule has 0 atom stereocenters. The number of hydrogen-bond acceptors (Lipinski definition) is 8. The Labute approximate surface area is 189 Å². The molecule has 3 heterocycles. The molecule has 0 unspecified atom stereocenters. The standard InChI is InChI=1S/C23H34N8O/c1-3-4-9-26-22-21-19(28-23(24)29-22)14-27-31(21)16-18-7-6-17(13-20(18)32-2)15-30-11-5-8-25-10-12-30/h6-7,13-14,25H,3-5,8-12,15-16H2,1-2H3,(H3,24,26,28,29). The highest BCUT2D eigenvalue weighted by Gasteiger charge is 2.16. The van der Waals surface area contributed by atoms with Gasteiger partial charge >= 0.3 is 0 Å². The van der Waals surface area contributed by atoms with Crippen LogP contribution < -0.4 is 21.1 Å². The van der Waals surface area contributed by atoms with Gasteiger partial charge in [-0.25, -0.2) is 4.98 Å². The molecule has 0 aliphatic carbocycles. The number of hydrogen-bond donors (Lipinski definition) is 3. The van der Waals surface area contributed by atoms with Gasteiger partial charge in [0.05, 0.1) is 19.9 Å². The summed E-state index contributed by atoms with van der Waals surface area (Å²) in [6, 6.07) is 6.48. The first-order chi connectivity index (χ1) is 15.7. The number of nitrogens with two attached hydrogens (primary N) is 1. The molecule has 0 bridgehead atoms. The van der Waals surface area contributed by atoms with Gasteiger partial charge in [0.2, 0.25) is 5.95 Å². The lowest BCUT2D eigenvalue weighted by Gasteiger charge is -2.20. The average Bonchev–Trinajstić information content (AvgIpc) is 3.01. The predicted molar refractivity (Wildman–Crippen MR) is 128 cm³/mol. The van der Waals surface area contributed by atoms with Gasteiger partial charge in [-0.3, -0.25) is 9.58 Å². The number of anilines is 2. The lowest BCUT2D eigenvalue weighted by molar-refractivity contribution is 0.284. The maximum atomic E-state index is 5.91. The van der Waals surface area contributed by atoms with Gasteiger partial charge in [-0.1, -0.05) is 25.5 Å². The molecule has 0 radical (unpaired) electrons. The quantitative estimate of drug-likeness (QED) is 0.438. The largest absolute Gasteiger partial charge is 0.496 e. The lowest BCUT2D eigenvalue weighted by atomic mass is 10.1. The van der Waals surface area contributed by atoms with Crippen molar-refractivity contribution in [1.29, 1.82) is 0 Å². The number of fused-ring (bicyclic) bond motifs is 1. The number of nitrogens with zero attached hydrogens (tertiary/aromatic N) is 5. The van der Waals surface area contributed by atoms with E-state index >= 15 is 0 Å². The summed E-state index contributed by atoms with van der Waals surface area (Å²) in [6.45, 7) is 8.82. The Balaban J connectivity index is 1.56. The third-order valence-corrected chi connectivity index (χ3v) is 5.84. The van der Waals surface area contributed by atoms with E-state index in [9.17, 15) is 0 Å². The fourth-order valence-electron chi connectivity index (χ4n) is 4.14. The minimum atomic E-state index is 0.252. The number of rotatable bonds is 9. The van der Waals surface area contributed by atoms with Crippen molar-refractivity contribution in [1.82, 2.24) is 30.0 Å². The van der Waals surface area contributed by atoms with E-state index in [1.54, 1.807) is 13.3 Å². The molecule has 0 saturated carbocycles. The van der Waals surface area contributed by atoms with Gasteiger partial charge in [-0.05, 0) is 37.6 Å². The minimum absolute atomic E-state index is 0.252. The number of nitrogens with one attached hydrogen (secondary N) is 2. The summed E-state index contributed by atoms with van der Waals surface area (Å²) in [6.07, 6.45) is 5.09. The smallest absolute Gasteiger partial charge is 0.222 e. The average molecular weight is 439 g/mol. The molecule has 1 aromatic carbocycles. The molecule has 2 aromatic heterocycles. The third kappa shape index (κ3) is 5.28. The van der Waals surface area contributed by atoms with Crippen LogP contribution in [0.2, 0.25) is 0 Å². The van der Waals surface area contributed by atoms with Crippen molar-refractivity contribution >= 4 is 22.8 Å². The number of benzene rings is 1. The van der Waals surface area contributed by atoms with Crippen molar-refractivity contribution in [3.8, 4) is 5.75 Å². The fourth-order valence-corrected chi connectivity index (χ4v) is 4.14. The molecule has 3 aromatic rings. The summed E-state index contributed by atoms with van der Waals surface area (Å²) in [5, 5.41) is 11.4. The topological polar surface area (TPSA) is 106 Å². The van der Waals surface area contributed by atoms with E-state index in [1.807, 2.05) is 4.68 Å². The van der Waals surface area contributed by atoms with E-state index in [-0.39, 0.29) is 5.95 Å². The molecule has 1 saturated heterocycles. The number of aromatic nitrogens is 4. The van der Waals surface area contributed by atoms with Gasteiger partial charge in [0.1, 0.15) is 16.8 Å². The van der Waals surface area contributed by atoms with Crippen molar-refractivity contribution in [3.05, 3.63) is 35.5 Å². The van der Waals surface area contributed by atoms with Crippen LogP contribution in [0, 0.1) is 0 Å². The molecule has 1 fully saturated rings. The van der Waals surface area contributed by atoms with Crippen LogP contribution in [0.3, 0.4) is 0 Å². The zero-order chi connectivity index (χ0) is 22.3. The Morgan fingerprint density at radius 3 is 2.94 bits per heavy atom. The summed E-state index contributed by atoms with van der Waals surface area (Å²) in [4.78, 5) is 11.3. The molecule has 0 spiro atoms. The normalized spacial score (nSPS) is 15.1. The van der Waals surface area contributed by atoms with E-state index in [2.05, 4.69) is 55.7 Å². The van der Waals surface area contributed by atoms with Crippen molar-refractivity contribution < 1.29 is 4.74 Å². The van der Waals surface area contributed by atoms with E-state index < -0.39 is 0 Å². The van der Waals surface area contributed by atoms with Crippen LogP contribution in [0.15, 0.2) is 24.4 Å². The Bertz CT molecular complexity index is 1030. The summed E-state index contributed by atoms with van der Waals surface area (Å²) in [5.41, 5.74) is 9.83. The molecule has 172 valence electrons. The van der Waals surface area contributed by atoms with E-state index in [0.717, 1.165) is 80.3 Å². The molecular formula is C23H34N8O. The van der Waals surface area contributed by atoms with Gasteiger partial charge < -0.3 is 21.1 Å². The van der Waals surface area contributed by atoms with Crippen LogP contribution >= 0.6 is 0 Å². The van der Waals surface area contributed by atoms with Crippen LogP contribution in [0.1, 0.15) is 37.3 Å². The van der Waals surface area contributed by atoms with Gasteiger partial charge in [0.25, 0.3) is 0 Å². The van der Waals surface area contributed by atoms with Crippen molar-refractivity contribution in [3.63, 3.8) is 0 Å². The lowest BCUT2D eigenvalue weighted by Crippen LogP contribution is -2.27. The Hall–Kier alpha value is -2.91. The molecule has 4 N–H and O–H groups in total. The molecule has 9 heteroatoms. The first-order valence-electron chi connectivity index (χ1n) is 11.5. The maximum absolute atomic E-state index is 5.91. The van der Waals surface area contributed by atoms with E-state index in [0.29, 0.717) is 6.54 Å². The molecule has 1 aliphatic heterocycles. The highest BCUT2D eigenvalue weighted by molar-refractivity contribution is 5.86. The zero-order valence-electron chi connectivity index (χ0n) is 19.1. The second-order valence-electron chi connectivity index (χ2n) is 8.27. The highest BCUT2D eigenvalue weighted by Crippen LogP contribution is 2.26. The maximum Gasteiger partial charge on any atom is 0.222 e. The zero-order valence-corrected chi connectivity index (χ0v) is 19.1. The predicted octanol–water partition coefficient (Wildman–Crippen LogP) is 2.47. The SMILES string of the molecule is CCCCNc1nc(N)nc2cnn(Cc3ccc(CN4CCCNCC4)cc3OC)c12. The van der Waals surface area contributed by atoms with Crippen LogP contribution in [0.5, 0.6) is 5.75 Å². The number of methoxy groups -OCH3 is 1. The number of ether oxygens (including phenoxy) is 1. The van der Waals surface area contributed by atoms with Crippen molar-refractivity contribution in [2.75, 3.05) is 50.9 Å². The molecule has 32 heavy (non-hydrogen) atoms. The van der Waals surface area contributed by atoms with Crippen molar-refractivity contribution in [2.45, 2.75) is 39.3 Å². The minimum Gasteiger partial charge on any atom is -0.496 e. The van der Waals surface area contributed by atoms with Gasteiger partial charge in [-0.15, -0.1) is 0 Å². The van der Waals surface area contributed by atoms with E-state index in [1.165, 1.54) is 12.0 Å². The van der Waals surface area contributed by atoms with E-state index in [4.69, 9.17) is 10.5 Å². The number of nitrogen functional groups attached to an aromatic ring is 1. The van der Waals surface area contributed by atoms with Crippen LogP contribution in [0.4, 0.5) is 11.8 Å². The second-order valence-corrected chi connectivity index (χ2v) is 8.27. The monoisotopic (exact) mass is 438 g/mol.